The van der Waals surface area contributed by atoms with Crippen molar-refractivity contribution in [2.45, 2.75) is 25.3 Å². The van der Waals surface area contributed by atoms with Crippen LogP contribution in [0.15, 0.2) is 0 Å². The number of hydrogen-bond acceptors (Lipinski definition) is 3. The Morgan fingerprint density at radius 2 is 2.00 bits per heavy atom. The highest BCUT2D eigenvalue weighted by molar-refractivity contribution is 4.79. The Hall–Kier alpha value is -0.120. The summed E-state index contributed by atoms with van der Waals surface area (Å²) in [6.07, 6.45) is 4.17. The van der Waals surface area contributed by atoms with Gasteiger partial charge in [0.2, 0.25) is 0 Å². The van der Waals surface area contributed by atoms with E-state index in [1.807, 2.05) is 0 Å². The van der Waals surface area contributed by atoms with Gasteiger partial charge >= 0.3 is 0 Å². The number of likely N-dealkylation sites (N-methyl/N-ethyl adjacent to an activating group) is 1. The van der Waals surface area contributed by atoms with Crippen LogP contribution >= 0.6 is 0 Å². The molecule has 0 aromatic heterocycles. The predicted molar refractivity (Wildman–Crippen MR) is 59.6 cm³/mol. The largest absolute Gasteiger partial charge is 0.314 e. The number of likely N-dealkylation sites (tertiary alicyclic amines) is 1. The van der Waals surface area contributed by atoms with Gasteiger partial charge in [0.1, 0.15) is 0 Å². The van der Waals surface area contributed by atoms with Crippen LogP contribution in [0.25, 0.3) is 0 Å². The molecule has 3 heteroatoms. The summed E-state index contributed by atoms with van der Waals surface area (Å²) in [5.74, 6) is 0. The van der Waals surface area contributed by atoms with Gasteiger partial charge in [-0.05, 0) is 45.9 Å². The minimum Gasteiger partial charge on any atom is -0.314 e. The second-order valence-corrected chi connectivity index (χ2v) is 4.68. The highest BCUT2D eigenvalue weighted by Crippen LogP contribution is 2.11. The maximum absolute atomic E-state index is 3.48. The van der Waals surface area contributed by atoms with Gasteiger partial charge < -0.3 is 15.1 Å². The topological polar surface area (TPSA) is 18.5 Å². The van der Waals surface area contributed by atoms with E-state index in [0.29, 0.717) is 0 Å². The van der Waals surface area contributed by atoms with Crippen LogP contribution in [0.5, 0.6) is 0 Å². The van der Waals surface area contributed by atoms with Crippen molar-refractivity contribution < 1.29 is 0 Å². The van der Waals surface area contributed by atoms with Gasteiger partial charge in [-0.2, -0.15) is 0 Å². The molecule has 0 aliphatic carbocycles. The maximum atomic E-state index is 3.48. The van der Waals surface area contributed by atoms with Gasteiger partial charge in [-0.1, -0.05) is 0 Å². The molecule has 82 valence electrons. The molecule has 2 rings (SSSR count). The molecule has 1 unspecified atom stereocenters. The molecule has 0 aromatic rings. The SMILES string of the molecule is CN1CCNCC1CCN1CCCC1. The zero-order valence-electron chi connectivity index (χ0n) is 9.34. The average molecular weight is 197 g/mol. The maximum Gasteiger partial charge on any atom is 0.0230 e. The van der Waals surface area contributed by atoms with E-state index in [9.17, 15) is 0 Å². The predicted octanol–water partition coefficient (Wildman–Crippen LogP) is 0.376. The van der Waals surface area contributed by atoms with Crippen molar-refractivity contribution in [3.05, 3.63) is 0 Å². The fourth-order valence-electron chi connectivity index (χ4n) is 2.52. The highest BCUT2D eigenvalue weighted by atomic mass is 15.2. The van der Waals surface area contributed by atoms with Gasteiger partial charge in [-0.25, -0.2) is 0 Å². The van der Waals surface area contributed by atoms with E-state index in [0.717, 1.165) is 12.6 Å². The lowest BCUT2D eigenvalue weighted by Crippen LogP contribution is -2.50. The van der Waals surface area contributed by atoms with Gasteiger partial charge in [0.15, 0.2) is 0 Å². The molecule has 0 amide bonds. The lowest BCUT2D eigenvalue weighted by molar-refractivity contribution is 0.173. The van der Waals surface area contributed by atoms with E-state index in [2.05, 4.69) is 22.2 Å². The summed E-state index contributed by atoms with van der Waals surface area (Å²) >= 11 is 0. The zero-order valence-corrected chi connectivity index (χ0v) is 9.34. The molecule has 0 spiro atoms. The Bertz CT molecular complexity index is 166. The molecule has 1 atom stereocenters. The molecule has 0 bridgehead atoms. The Morgan fingerprint density at radius 1 is 1.21 bits per heavy atom. The van der Waals surface area contributed by atoms with Gasteiger partial charge in [0.05, 0.1) is 0 Å². The van der Waals surface area contributed by atoms with E-state index < -0.39 is 0 Å². The van der Waals surface area contributed by atoms with Crippen molar-refractivity contribution in [1.29, 1.82) is 0 Å². The monoisotopic (exact) mass is 197 g/mol. The molecule has 0 radical (unpaired) electrons. The van der Waals surface area contributed by atoms with Gasteiger partial charge in [0.25, 0.3) is 0 Å². The summed E-state index contributed by atoms with van der Waals surface area (Å²) in [7, 11) is 2.26. The first-order chi connectivity index (χ1) is 6.86. The van der Waals surface area contributed by atoms with Crippen LogP contribution in [0.1, 0.15) is 19.3 Å². The summed E-state index contributed by atoms with van der Waals surface area (Å²) in [4.78, 5) is 5.12. The number of piperazine rings is 1. The molecule has 2 aliphatic rings. The fraction of sp³-hybridized carbons (Fsp3) is 1.00. The van der Waals surface area contributed by atoms with Gasteiger partial charge in [-0.15, -0.1) is 0 Å². The van der Waals surface area contributed by atoms with E-state index in [4.69, 9.17) is 0 Å². The fourth-order valence-corrected chi connectivity index (χ4v) is 2.52. The van der Waals surface area contributed by atoms with Crippen LogP contribution in [0.2, 0.25) is 0 Å². The molecule has 2 aliphatic heterocycles. The summed E-state index contributed by atoms with van der Waals surface area (Å²) < 4.78 is 0. The minimum absolute atomic E-state index is 0.768. The molecule has 14 heavy (non-hydrogen) atoms. The third kappa shape index (κ3) is 2.69. The Balaban J connectivity index is 1.67. The summed E-state index contributed by atoms with van der Waals surface area (Å²) in [6.45, 7) is 7.54. The van der Waals surface area contributed by atoms with Crippen LogP contribution in [0, 0.1) is 0 Å². The molecule has 2 fully saturated rings. The first kappa shape index (κ1) is 10.4. The van der Waals surface area contributed by atoms with E-state index in [1.165, 1.54) is 52.0 Å². The van der Waals surface area contributed by atoms with Crippen LogP contribution in [0.4, 0.5) is 0 Å². The molecule has 0 aromatic carbocycles. The van der Waals surface area contributed by atoms with E-state index >= 15 is 0 Å². The molecule has 2 heterocycles. The first-order valence-corrected chi connectivity index (χ1v) is 5.99. The molecule has 2 saturated heterocycles. The van der Waals surface area contributed by atoms with Crippen molar-refractivity contribution in [1.82, 2.24) is 15.1 Å². The Kier molecular flexibility index (Phi) is 3.79. The van der Waals surface area contributed by atoms with Crippen LogP contribution in [-0.4, -0.2) is 62.2 Å². The second-order valence-electron chi connectivity index (χ2n) is 4.68. The molecule has 0 saturated carbocycles. The molecular formula is C11H23N3. The standard InChI is InChI=1S/C11H23N3/c1-13-9-5-12-10-11(13)4-8-14-6-2-3-7-14/h11-12H,2-10H2,1H3. The average Bonchev–Trinajstić information content (AvgIpc) is 2.69. The van der Waals surface area contributed by atoms with Crippen LogP contribution < -0.4 is 5.32 Å². The Morgan fingerprint density at radius 3 is 2.71 bits per heavy atom. The van der Waals surface area contributed by atoms with Crippen molar-refractivity contribution in [2.75, 3.05) is 46.3 Å². The van der Waals surface area contributed by atoms with E-state index in [1.54, 1.807) is 0 Å². The zero-order chi connectivity index (χ0) is 9.80. The summed E-state index contributed by atoms with van der Waals surface area (Å²) in [5, 5.41) is 3.48. The lowest BCUT2D eigenvalue weighted by atomic mass is 10.1. The van der Waals surface area contributed by atoms with E-state index in [-0.39, 0.29) is 0 Å². The van der Waals surface area contributed by atoms with Crippen molar-refractivity contribution >= 4 is 0 Å². The van der Waals surface area contributed by atoms with Gasteiger partial charge in [0, 0.05) is 25.7 Å². The smallest absolute Gasteiger partial charge is 0.0230 e. The van der Waals surface area contributed by atoms with Gasteiger partial charge in [-0.3, -0.25) is 0 Å². The molecular weight excluding hydrogens is 174 g/mol. The second kappa shape index (κ2) is 5.10. The number of hydrogen-bond donors (Lipinski definition) is 1. The molecule has 1 N–H and O–H groups in total. The van der Waals surface area contributed by atoms with Crippen molar-refractivity contribution in [3.63, 3.8) is 0 Å². The Labute approximate surface area is 87.4 Å². The minimum atomic E-state index is 0.768. The van der Waals surface area contributed by atoms with Crippen molar-refractivity contribution in [3.8, 4) is 0 Å². The van der Waals surface area contributed by atoms with Crippen LogP contribution in [-0.2, 0) is 0 Å². The number of rotatable bonds is 3. The van der Waals surface area contributed by atoms with Crippen LogP contribution in [0.3, 0.4) is 0 Å². The number of nitrogens with one attached hydrogen (secondary N) is 1. The third-order valence-corrected chi connectivity index (χ3v) is 3.62. The quantitative estimate of drug-likeness (QED) is 0.705. The summed E-state index contributed by atoms with van der Waals surface area (Å²) in [6, 6.07) is 0.768. The molecule has 3 nitrogen and oxygen atoms in total. The van der Waals surface area contributed by atoms with Crippen molar-refractivity contribution in [2.24, 2.45) is 0 Å². The lowest BCUT2D eigenvalue weighted by Gasteiger charge is -2.34. The summed E-state index contributed by atoms with van der Waals surface area (Å²) in [5.41, 5.74) is 0. The normalized spacial score (nSPS) is 31.1. The third-order valence-electron chi connectivity index (χ3n) is 3.62. The number of nitrogens with zero attached hydrogens (tertiary/aromatic N) is 2. The first-order valence-electron chi connectivity index (χ1n) is 5.99. The highest BCUT2D eigenvalue weighted by Gasteiger charge is 2.20.